The second-order valence-electron chi connectivity index (χ2n) is 5.15. The minimum atomic E-state index is -0.743. The summed E-state index contributed by atoms with van der Waals surface area (Å²) in [5.74, 6) is -0.0571. The molecule has 1 aliphatic carbocycles. The van der Waals surface area contributed by atoms with Crippen molar-refractivity contribution < 1.29 is 14.3 Å². The molecule has 0 atom stereocenters. The first-order valence-electron chi connectivity index (χ1n) is 6.95. The van der Waals surface area contributed by atoms with Gasteiger partial charge in [-0.25, -0.2) is 0 Å². The first kappa shape index (κ1) is 15.5. The van der Waals surface area contributed by atoms with Crippen molar-refractivity contribution in [1.82, 2.24) is 9.78 Å². The molecule has 0 aromatic carbocycles. The molecule has 1 aromatic heterocycles. The number of hydrogen-bond donors (Lipinski definition) is 0. The van der Waals surface area contributed by atoms with Crippen LogP contribution in [-0.2, 0) is 16.0 Å². The van der Waals surface area contributed by atoms with E-state index in [4.69, 9.17) is 21.1 Å². The number of Topliss-reactive ketones (excluding diaryl/α,β-unsaturated/α-hetero) is 1. The van der Waals surface area contributed by atoms with Gasteiger partial charge in [0.2, 0.25) is 5.78 Å². The average Bonchev–Trinajstić information content (AvgIpc) is 2.85. The van der Waals surface area contributed by atoms with Crippen LogP contribution in [0.15, 0.2) is 6.20 Å². The van der Waals surface area contributed by atoms with Gasteiger partial charge in [-0.2, -0.15) is 5.10 Å². The quantitative estimate of drug-likeness (QED) is 0.758. The number of carbonyl (C=O) groups is 1. The molecule has 0 bridgehead atoms. The van der Waals surface area contributed by atoms with Crippen molar-refractivity contribution in [3.05, 3.63) is 16.9 Å². The number of halogens is 1. The normalized spacial score (nSPS) is 18.1. The zero-order chi connectivity index (χ0) is 14.6. The summed E-state index contributed by atoms with van der Waals surface area (Å²) >= 11 is 6.16. The van der Waals surface area contributed by atoms with Crippen LogP contribution < -0.4 is 0 Å². The molecular formula is C14H21ClN2O3. The fourth-order valence-electron chi connectivity index (χ4n) is 2.80. The van der Waals surface area contributed by atoms with Gasteiger partial charge in [0.25, 0.3) is 0 Å². The predicted molar refractivity (Wildman–Crippen MR) is 76.3 cm³/mol. The smallest absolute Gasteiger partial charge is 0.214 e. The molecule has 5 nitrogen and oxygen atoms in total. The highest BCUT2D eigenvalue weighted by molar-refractivity contribution is 6.34. The van der Waals surface area contributed by atoms with Crippen LogP contribution >= 0.6 is 11.6 Å². The van der Waals surface area contributed by atoms with Crippen molar-refractivity contribution in [1.29, 1.82) is 0 Å². The molecule has 0 N–H and O–H groups in total. The van der Waals surface area contributed by atoms with Gasteiger partial charge in [0, 0.05) is 14.2 Å². The van der Waals surface area contributed by atoms with Gasteiger partial charge in [-0.3, -0.25) is 9.48 Å². The highest BCUT2D eigenvalue weighted by Crippen LogP contribution is 2.35. The largest absolute Gasteiger partial charge is 0.383 e. The van der Waals surface area contributed by atoms with Gasteiger partial charge in [0.1, 0.15) is 11.3 Å². The molecule has 6 heteroatoms. The molecule has 0 saturated heterocycles. The minimum Gasteiger partial charge on any atom is -0.383 e. The van der Waals surface area contributed by atoms with E-state index in [2.05, 4.69) is 5.10 Å². The lowest BCUT2D eigenvalue weighted by atomic mass is 9.80. The summed E-state index contributed by atoms with van der Waals surface area (Å²) in [4.78, 5) is 12.9. The van der Waals surface area contributed by atoms with E-state index >= 15 is 0 Å². The minimum absolute atomic E-state index is 0.0571. The van der Waals surface area contributed by atoms with Crippen LogP contribution in [0.25, 0.3) is 0 Å². The van der Waals surface area contributed by atoms with E-state index in [1.807, 2.05) is 0 Å². The first-order valence-corrected chi connectivity index (χ1v) is 7.32. The second kappa shape index (κ2) is 6.70. The Morgan fingerprint density at radius 3 is 2.70 bits per heavy atom. The number of ketones is 1. The lowest BCUT2D eigenvalue weighted by Gasteiger charge is -2.34. The number of aromatic nitrogens is 2. The molecule has 1 aliphatic rings. The van der Waals surface area contributed by atoms with Crippen molar-refractivity contribution in [3.8, 4) is 0 Å². The van der Waals surface area contributed by atoms with E-state index in [-0.39, 0.29) is 5.78 Å². The SMILES string of the molecule is COCCn1ncc(Cl)c1C(=O)C1(OC)CCCCC1. The maximum Gasteiger partial charge on any atom is 0.214 e. The highest BCUT2D eigenvalue weighted by Gasteiger charge is 2.42. The molecule has 0 radical (unpaired) electrons. The molecule has 0 aliphatic heterocycles. The topological polar surface area (TPSA) is 53.4 Å². The van der Waals surface area contributed by atoms with Crippen molar-refractivity contribution in [2.45, 2.75) is 44.2 Å². The molecule has 0 amide bonds. The average molecular weight is 301 g/mol. The van der Waals surface area contributed by atoms with E-state index < -0.39 is 5.60 Å². The summed E-state index contributed by atoms with van der Waals surface area (Å²) < 4.78 is 12.3. The van der Waals surface area contributed by atoms with Crippen LogP contribution in [0.5, 0.6) is 0 Å². The number of carbonyl (C=O) groups excluding carboxylic acids is 1. The standard InChI is InChI=1S/C14H21ClN2O3/c1-19-9-8-17-12(11(15)10-16-17)13(18)14(20-2)6-4-3-5-7-14/h10H,3-9H2,1-2H3. The molecule has 1 heterocycles. The van der Waals surface area contributed by atoms with Gasteiger partial charge in [-0.15, -0.1) is 0 Å². The molecule has 1 saturated carbocycles. The monoisotopic (exact) mass is 300 g/mol. The number of nitrogens with zero attached hydrogens (tertiary/aromatic N) is 2. The summed E-state index contributed by atoms with van der Waals surface area (Å²) in [5, 5.41) is 4.55. The second-order valence-corrected chi connectivity index (χ2v) is 5.55. The lowest BCUT2D eigenvalue weighted by Crippen LogP contribution is -2.43. The Labute approximate surface area is 124 Å². The summed E-state index contributed by atoms with van der Waals surface area (Å²) in [5.41, 5.74) is -0.306. The van der Waals surface area contributed by atoms with Crippen molar-refractivity contribution in [2.75, 3.05) is 20.8 Å². The van der Waals surface area contributed by atoms with E-state index in [1.54, 1.807) is 18.9 Å². The van der Waals surface area contributed by atoms with Crippen LogP contribution in [0.1, 0.15) is 42.6 Å². The number of rotatable bonds is 6. The Kier molecular flexibility index (Phi) is 5.18. The fourth-order valence-corrected chi connectivity index (χ4v) is 3.03. The zero-order valence-electron chi connectivity index (χ0n) is 12.0. The third kappa shape index (κ3) is 2.90. The Morgan fingerprint density at radius 1 is 1.40 bits per heavy atom. The van der Waals surface area contributed by atoms with Gasteiger partial charge in [-0.1, -0.05) is 30.9 Å². The van der Waals surface area contributed by atoms with Crippen LogP contribution in [0, 0.1) is 0 Å². The van der Waals surface area contributed by atoms with E-state index in [9.17, 15) is 4.79 Å². The van der Waals surface area contributed by atoms with Gasteiger partial charge < -0.3 is 9.47 Å². The maximum absolute atomic E-state index is 12.9. The number of hydrogen-bond acceptors (Lipinski definition) is 4. The molecule has 20 heavy (non-hydrogen) atoms. The first-order chi connectivity index (χ1) is 9.64. The van der Waals surface area contributed by atoms with Crippen molar-refractivity contribution in [3.63, 3.8) is 0 Å². The molecule has 2 rings (SSSR count). The molecule has 0 spiro atoms. The highest BCUT2D eigenvalue weighted by atomic mass is 35.5. The van der Waals surface area contributed by atoms with Crippen LogP contribution in [-0.4, -0.2) is 42.0 Å². The Morgan fingerprint density at radius 2 is 2.10 bits per heavy atom. The van der Waals surface area contributed by atoms with Gasteiger partial charge >= 0.3 is 0 Å². The molecule has 0 unspecified atom stereocenters. The van der Waals surface area contributed by atoms with E-state index in [1.165, 1.54) is 6.20 Å². The zero-order valence-corrected chi connectivity index (χ0v) is 12.8. The van der Waals surface area contributed by atoms with Crippen LogP contribution in [0.3, 0.4) is 0 Å². The van der Waals surface area contributed by atoms with E-state index in [0.29, 0.717) is 23.9 Å². The van der Waals surface area contributed by atoms with Gasteiger partial charge in [0.05, 0.1) is 24.4 Å². The summed E-state index contributed by atoms with van der Waals surface area (Å²) in [6.45, 7) is 0.988. The predicted octanol–water partition coefficient (Wildman–Crippen LogP) is 2.71. The van der Waals surface area contributed by atoms with Crippen molar-refractivity contribution >= 4 is 17.4 Å². The maximum atomic E-state index is 12.9. The third-order valence-electron chi connectivity index (χ3n) is 3.98. The molecular weight excluding hydrogens is 280 g/mol. The van der Waals surface area contributed by atoms with Crippen LogP contribution in [0.4, 0.5) is 0 Å². The Balaban J connectivity index is 2.29. The van der Waals surface area contributed by atoms with Gasteiger partial charge in [-0.05, 0) is 12.8 Å². The number of methoxy groups -OCH3 is 2. The molecule has 1 aromatic rings. The van der Waals surface area contributed by atoms with Gasteiger partial charge in [0.15, 0.2) is 0 Å². The van der Waals surface area contributed by atoms with E-state index in [0.717, 1.165) is 32.1 Å². The molecule has 112 valence electrons. The summed E-state index contributed by atoms with van der Waals surface area (Å²) in [7, 11) is 3.22. The summed E-state index contributed by atoms with van der Waals surface area (Å²) in [6, 6.07) is 0. The Bertz CT molecular complexity index is 467. The Hall–Kier alpha value is -0.910. The number of ether oxygens (including phenoxy) is 2. The third-order valence-corrected chi connectivity index (χ3v) is 4.26. The molecule has 1 fully saturated rings. The van der Waals surface area contributed by atoms with Crippen molar-refractivity contribution in [2.24, 2.45) is 0 Å². The fraction of sp³-hybridized carbons (Fsp3) is 0.714. The summed E-state index contributed by atoms with van der Waals surface area (Å²) in [6.07, 6.45) is 6.15. The van der Waals surface area contributed by atoms with Crippen LogP contribution in [0.2, 0.25) is 5.02 Å². The lowest BCUT2D eigenvalue weighted by molar-refractivity contribution is -0.0202.